The molecule has 1 aromatic carbocycles. The van der Waals surface area contributed by atoms with Crippen molar-refractivity contribution in [1.29, 1.82) is 0 Å². The average Bonchev–Trinajstić information content (AvgIpc) is 2.62. The van der Waals surface area contributed by atoms with Gasteiger partial charge >= 0.3 is 0 Å². The molecule has 0 atom stereocenters. The molecule has 0 spiro atoms. The molecule has 3 rings (SSSR count). The first-order chi connectivity index (χ1) is 11.7. The molecule has 0 radical (unpaired) electrons. The number of hydrogen-bond acceptors (Lipinski definition) is 6. The predicted octanol–water partition coefficient (Wildman–Crippen LogP) is 3.44. The van der Waals surface area contributed by atoms with Crippen molar-refractivity contribution in [3.63, 3.8) is 0 Å². The van der Waals surface area contributed by atoms with Gasteiger partial charge in [-0.05, 0) is 36.4 Å². The van der Waals surface area contributed by atoms with Crippen LogP contribution in [0.3, 0.4) is 0 Å². The number of nitrogens with zero attached hydrogens (tertiary/aromatic N) is 3. The normalized spacial score (nSPS) is 10.5. The van der Waals surface area contributed by atoms with E-state index in [1.54, 1.807) is 43.8 Å². The van der Waals surface area contributed by atoms with E-state index in [-0.39, 0.29) is 6.61 Å². The topological polar surface area (TPSA) is 80.2 Å². The van der Waals surface area contributed by atoms with Gasteiger partial charge in [0.05, 0.1) is 19.4 Å². The lowest BCUT2D eigenvalue weighted by atomic mass is 10.2. The predicted molar refractivity (Wildman–Crippen MR) is 92.5 cm³/mol. The fraction of sp³-hybridized carbons (Fsp3) is 0.118. The van der Waals surface area contributed by atoms with Crippen LogP contribution in [0.4, 0.5) is 11.6 Å². The Balaban J connectivity index is 1.86. The summed E-state index contributed by atoms with van der Waals surface area (Å²) in [6, 6.07) is 10.8. The second-order valence-electron chi connectivity index (χ2n) is 4.94. The highest BCUT2D eigenvalue weighted by molar-refractivity contribution is 6.29. The maximum atomic E-state index is 9.40. The number of aliphatic hydroxyl groups excluding tert-OH is 1. The highest BCUT2D eigenvalue weighted by atomic mass is 35.5. The van der Waals surface area contributed by atoms with Gasteiger partial charge in [0.1, 0.15) is 10.9 Å². The molecule has 0 saturated heterocycles. The summed E-state index contributed by atoms with van der Waals surface area (Å²) in [7, 11) is 1.56. The molecule has 122 valence electrons. The third-order valence-electron chi connectivity index (χ3n) is 3.39. The van der Waals surface area contributed by atoms with Crippen molar-refractivity contribution < 1.29 is 9.84 Å². The first-order valence-electron chi connectivity index (χ1n) is 7.19. The van der Waals surface area contributed by atoms with Gasteiger partial charge in [-0.15, -0.1) is 0 Å². The summed E-state index contributed by atoms with van der Waals surface area (Å²) in [5, 5.41) is 12.9. The summed E-state index contributed by atoms with van der Waals surface area (Å²) >= 11 is 5.80. The summed E-state index contributed by atoms with van der Waals surface area (Å²) in [5.41, 5.74) is 3.01. The van der Waals surface area contributed by atoms with E-state index < -0.39 is 0 Å². The van der Waals surface area contributed by atoms with E-state index in [0.717, 1.165) is 16.9 Å². The Morgan fingerprint density at radius 2 is 2.04 bits per heavy atom. The Kier molecular flexibility index (Phi) is 4.88. The van der Waals surface area contributed by atoms with Crippen LogP contribution in [0, 0.1) is 0 Å². The molecule has 0 saturated carbocycles. The van der Waals surface area contributed by atoms with Crippen LogP contribution in [-0.4, -0.2) is 27.2 Å². The van der Waals surface area contributed by atoms with Gasteiger partial charge in [0, 0.05) is 29.2 Å². The molecule has 6 nitrogen and oxygen atoms in total. The van der Waals surface area contributed by atoms with Crippen molar-refractivity contribution in [1.82, 2.24) is 15.0 Å². The Labute approximate surface area is 144 Å². The van der Waals surface area contributed by atoms with Crippen molar-refractivity contribution in [2.24, 2.45) is 0 Å². The first-order valence-corrected chi connectivity index (χ1v) is 7.57. The average molecular weight is 343 g/mol. The molecule has 0 fully saturated rings. The van der Waals surface area contributed by atoms with Gasteiger partial charge in [-0.3, -0.25) is 0 Å². The summed E-state index contributed by atoms with van der Waals surface area (Å²) in [6.45, 7) is -0.115. The lowest BCUT2D eigenvalue weighted by molar-refractivity contribution is 0.274. The molecule has 0 bridgehead atoms. The molecule has 0 aliphatic rings. The molecule has 0 unspecified atom stereocenters. The zero-order valence-electron chi connectivity index (χ0n) is 12.9. The van der Waals surface area contributed by atoms with Gasteiger partial charge in [-0.1, -0.05) is 11.6 Å². The van der Waals surface area contributed by atoms with E-state index in [0.29, 0.717) is 22.4 Å². The van der Waals surface area contributed by atoms with Crippen LogP contribution in [0.1, 0.15) is 5.56 Å². The lowest BCUT2D eigenvalue weighted by Gasteiger charge is -2.10. The van der Waals surface area contributed by atoms with Gasteiger partial charge in [-0.2, -0.15) is 0 Å². The molecular formula is C17H15ClN4O2. The number of rotatable bonds is 5. The minimum absolute atomic E-state index is 0.115. The number of methoxy groups -OCH3 is 1. The Morgan fingerprint density at radius 1 is 1.17 bits per heavy atom. The largest absolute Gasteiger partial charge is 0.496 e. The minimum atomic E-state index is -0.115. The summed E-state index contributed by atoms with van der Waals surface area (Å²) in [5.74, 6) is 1.07. The number of aliphatic hydroxyl groups is 1. The third-order valence-corrected chi connectivity index (χ3v) is 3.61. The van der Waals surface area contributed by atoms with Gasteiger partial charge in [0.25, 0.3) is 0 Å². The monoisotopic (exact) mass is 342 g/mol. The molecule has 2 N–H and O–H groups in total. The minimum Gasteiger partial charge on any atom is -0.496 e. The number of ether oxygens (including phenoxy) is 1. The molecule has 7 heteroatoms. The van der Waals surface area contributed by atoms with Crippen molar-refractivity contribution in [3.05, 3.63) is 59.5 Å². The number of hydrogen-bond donors (Lipinski definition) is 2. The second kappa shape index (κ2) is 7.25. The van der Waals surface area contributed by atoms with Crippen LogP contribution in [0.25, 0.3) is 11.3 Å². The number of halogens is 1. The molecule has 2 aromatic heterocycles. The summed E-state index contributed by atoms with van der Waals surface area (Å²) in [4.78, 5) is 12.7. The fourth-order valence-corrected chi connectivity index (χ4v) is 2.33. The fourth-order valence-electron chi connectivity index (χ4n) is 2.22. The number of pyridine rings is 1. The van der Waals surface area contributed by atoms with Crippen molar-refractivity contribution in [2.75, 3.05) is 12.4 Å². The highest BCUT2D eigenvalue weighted by Gasteiger charge is 2.06. The quantitative estimate of drug-likeness (QED) is 0.691. The van der Waals surface area contributed by atoms with Crippen molar-refractivity contribution in [3.8, 4) is 17.0 Å². The summed E-state index contributed by atoms with van der Waals surface area (Å²) < 4.78 is 5.19. The number of anilines is 2. The number of benzene rings is 1. The van der Waals surface area contributed by atoms with E-state index in [1.165, 1.54) is 0 Å². The highest BCUT2D eigenvalue weighted by Crippen LogP contribution is 2.25. The van der Waals surface area contributed by atoms with Gasteiger partial charge in [0.15, 0.2) is 0 Å². The van der Waals surface area contributed by atoms with Crippen LogP contribution in [0.2, 0.25) is 5.15 Å². The Morgan fingerprint density at radius 3 is 2.75 bits per heavy atom. The molecule has 2 heterocycles. The van der Waals surface area contributed by atoms with E-state index >= 15 is 0 Å². The van der Waals surface area contributed by atoms with Crippen LogP contribution in [-0.2, 0) is 6.61 Å². The van der Waals surface area contributed by atoms with Crippen LogP contribution < -0.4 is 10.1 Å². The van der Waals surface area contributed by atoms with E-state index in [9.17, 15) is 5.11 Å². The third kappa shape index (κ3) is 3.61. The van der Waals surface area contributed by atoms with Gasteiger partial charge in [0.2, 0.25) is 5.95 Å². The zero-order valence-corrected chi connectivity index (χ0v) is 13.7. The van der Waals surface area contributed by atoms with E-state index in [1.807, 2.05) is 12.1 Å². The molecule has 0 aliphatic carbocycles. The van der Waals surface area contributed by atoms with Crippen LogP contribution >= 0.6 is 11.6 Å². The van der Waals surface area contributed by atoms with Gasteiger partial charge < -0.3 is 15.2 Å². The maximum absolute atomic E-state index is 9.40. The van der Waals surface area contributed by atoms with Crippen LogP contribution in [0.15, 0.2) is 48.8 Å². The summed E-state index contributed by atoms with van der Waals surface area (Å²) in [6.07, 6.45) is 3.32. The Bertz CT molecular complexity index is 840. The smallest absolute Gasteiger partial charge is 0.227 e. The maximum Gasteiger partial charge on any atom is 0.227 e. The van der Waals surface area contributed by atoms with E-state index in [2.05, 4.69) is 20.3 Å². The molecule has 0 amide bonds. The van der Waals surface area contributed by atoms with E-state index in [4.69, 9.17) is 16.3 Å². The van der Waals surface area contributed by atoms with Crippen molar-refractivity contribution >= 4 is 23.2 Å². The Hall–Kier alpha value is -2.70. The number of aromatic nitrogens is 3. The molecule has 24 heavy (non-hydrogen) atoms. The van der Waals surface area contributed by atoms with Crippen molar-refractivity contribution in [2.45, 2.75) is 6.61 Å². The lowest BCUT2D eigenvalue weighted by Crippen LogP contribution is -2.00. The first kappa shape index (κ1) is 16.2. The SMILES string of the molecule is COc1ccc(Nc2nccc(-c3ccc(Cl)nc3)n2)cc1CO. The van der Waals surface area contributed by atoms with Gasteiger partial charge in [-0.25, -0.2) is 15.0 Å². The molecule has 0 aliphatic heterocycles. The standard InChI is InChI=1S/C17H15ClN4O2/c1-24-15-4-3-13(8-12(15)10-23)21-17-19-7-6-14(22-17)11-2-5-16(18)20-9-11/h2-9,23H,10H2,1H3,(H,19,21,22). The molecule has 3 aromatic rings. The zero-order chi connectivity index (χ0) is 16.9. The molecular weight excluding hydrogens is 328 g/mol. The second-order valence-corrected chi connectivity index (χ2v) is 5.33. The van der Waals surface area contributed by atoms with Crippen LogP contribution in [0.5, 0.6) is 5.75 Å². The number of nitrogens with one attached hydrogen (secondary N) is 1.